The molecule has 3 aromatic heterocycles. The van der Waals surface area contributed by atoms with E-state index in [1.165, 1.54) is 21.7 Å². The summed E-state index contributed by atoms with van der Waals surface area (Å²) in [7, 11) is -2.67. The van der Waals surface area contributed by atoms with Gasteiger partial charge in [0.25, 0.3) is 8.32 Å². The minimum Gasteiger partial charge on any atom is -0.444 e. The van der Waals surface area contributed by atoms with E-state index in [1.807, 2.05) is 24.3 Å². The van der Waals surface area contributed by atoms with Crippen LogP contribution in [0.5, 0.6) is 0 Å². The number of hydrogen-bond donors (Lipinski definition) is 1. The van der Waals surface area contributed by atoms with Crippen LogP contribution in [0.1, 0.15) is 64.5 Å². The molecule has 0 aliphatic heterocycles. The van der Waals surface area contributed by atoms with Crippen molar-refractivity contribution in [2.45, 2.75) is 75.0 Å². The third-order valence-corrected chi connectivity index (χ3v) is 14.5. The fourth-order valence-electron chi connectivity index (χ4n) is 5.18. The van der Waals surface area contributed by atoms with Crippen molar-refractivity contribution in [2.75, 3.05) is 5.32 Å². The van der Waals surface area contributed by atoms with E-state index in [-0.39, 0.29) is 22.8 Å². The highest BCUT2D eigenvalue weighted by Gasteiger charge is 2.50. The summed E-state index contributed by atoms with van der Waals surface area (Å²) in [5.41, 5.74) is 1.58. The van der Waals surface area contributed by atoms with Gasteiger partial charge in [-0.05, 0) is 27.0 Å². The molecule has 7 nitrogen and oxygen atoms in total. The number of carbonyl (C=O) groups excluding carboxylic acids is 1. The predicted molar refractivity (Wildman–Crippen MR) is 186 cm³/mol. The monoisotopic (exact) mass is 656 g/mol. The van der Waals surface area contributed by atoms with Gasteiger partial charge in [-0.2, -0.15) is 0 Å². The average molecular weight is 657 g/mol. The van der Waals surface area contributed by atoms with Gasteiger partial charge < -0.3 is 14.2 Å². The summed E-state index contributed by atoms with van der Waals surface area (Å²) < 4.78 is 13.9. The molecule has 0 aliphatic rings. The van der Waals surface area contributed by atoms with Gasteiger partial charge in [0.05, 0.1) is 41.1 Å². The second kappa shape index (κ2) is 13.8. The van der Waals surface area contributed by atoms with Crippen LogP contribution in [0.4, 0.5) is 5.13 Å². The van der Waals surface area contributed by atoms with Crippen molar-refractivity contribution in [3.05, 3.63) is 114 Å². The molecule has 3 heterocycles. The molecule has 0 unspecified atom stereocenters. The first kappa shape index (κ1) is 32.8. The smallest absolute Gasteiger partial charge is 0.261 e. The molecular formula is C35H40N4O3S2Si. The highest BCUT2D eigenvalue weighted by atomic mass is 32.2. The summed E-state index contributed by atoms with van der Waals surface area (Å²) in [6.07, 6.45) is 5.52. The predicted octanol–water partition coefficient (Wildman–Crippen LogP) is 7.37. The number of nitrogens with one attached hydrogen (secondary N) is 1. The van der Waals surface area contributed by atoms with E-state index in [2.05, 4.69) is 110 Å². The molecule has 10 heteroatoms. The van der Waals surface area contributed by atoms with Gasteiger partial charge in [0.1, 0.15) is 5.76 Å². The number of amides is 1. The van der Waals surface area contributed by atoms with Crippen molar-refractivity contribution in [2.24, 2.45) is 0 Å². The summed E-state index contributed by atoms with van der Waals surface area (Å²) in [4.78, 5) is 26.2. The molecule has 0 saturated heterocycles. The molecule has 234 valence electrons. The Morgan fingerprint density at radius 3 is 2.09 bits per heavy atom. The zero-order valence-corrected chi connectivity index (χ0v) is 29.3. The molecule has 1 N–H and O–H groups in total. The minimum atomic E-state index is -2.67. The summed E-state index contributed by atoms with van der Waals surface area (Å²) in [5.74, 6) is 2.01. The number of carbonyl (C=O) groups is 1. The molecule has 0 saturated carbocycles. The Morgan fingerprint density at radius 1 is 0.867 bits per heavy atom. The normalized spacial score (nSPS) is 12.3. The number of anilines is 1. The number of nitrogens with zero attached hydrogens (tertiary/aromatic N) is 3. The summed E-state index contributed by atoms with van der Waals surface area (Å²) >= 11 is 3.02. The molecule has 2 aromatic carbocycles. The van der Waals surface area contributed by atoms with E-state index >= 15 is 0 Å². The fraction of sp³-hybridized carbons (Fsp3) is 0.314. The quantitative estimate of drug-likeness (QED) is 0.117. The van der Waals surface area contributed by atoms with Gasteiger partial charge in [0.15, 0.2) is 5.13 Å². The molecule has 1 amide bonds. The van der Waals surface area contributed by atoms with Gasteiger partial charge in [-0.25, -0.2) is 9.97 Å². The Morgan fingerprint density at radius 2 is 1.53 bits per heavy atom. The summed E-state index contributed by atoms with van der Waals surface area (Å²) in [5, 5.41) is 5.82. The van der Waals surface area contributed by atoms with Crippen molar-refractivity contribution in [3.8, 4) is 0 Å². The van der Waals surface area contributed by atoms with Crippen molar-refractivity contribution >= 4 is 52.8 Å². The van der Waals surface area contributed by atoms with Gasteiger partial charge in [-0.1, -0.05) is 120 Å². The van der Waals surface area contributed by atoms with E-state index in [0.29, 0.717) is 23.4 Å². The number of thiazole rings is 1. The third kappa shape index (κ3) is 7.99. The standard InChI is InChI=1S/C35H40N4O3S2Si/c1-34(2,3)29-21-37-31(42-29)24-43-32-22-38-33(44-32)39-30(40)19-25-17-18-26(36-20-25)23-41-45(35(4,5)6,27-13-9-7-10-14-27)28-15-11-8-12-16-28/h7-18,20-22H,19,23-24H2,1-6H3,(H,38,39,40). The minimum absolute atomic E-state index is 0.0775. The van der Waals surface area contributed by atoms with Gasteiger partial charge >= 0.3 is 0 Å². The lowest BCUT2D eigenvalue weighted by Crippen LogP contribution is -2.66. The Kier molecular flexibility index (Phi) is 10.1. The lowest BCUT2D eigenvalue weighted by Gasteiger charge is -2.43. The first-order valence-corrected chi connectivity index (χ1v) is 18.7. The van der Waals surface area contributed by atoms with Crippen LogP contribution in [-0.4, -0.2) is 29.2 Å². The SMILES string of the molecule is CC(C)(C)c1cnc(CSc2cnc(NC(=O)Cc3ccc(CO[Si](c4ccccc4)(c4ccccc4)C(C)(C)C)nc3)s2)o1. The fourth-order valence-corrected chi connectivity index (χ4v) is 11.4. The van der Waals surface area contributed by atoms with E-state index in [4.69, 9.17) is 8.84 Å². The Hall–Kier alpha value is -3.57. The molecule has 5 aromatic rings. The lowest BCUT2D eigenvalue weighted by molar-refractivity contribution is -0.115. The highest BCUT2D eigenvalue weighted by Crippen LogP contribution is 2.37. The molecule has 0 bridgehead atoms. The van der Waals surface area contributed by atoms with Crippen LogP contribution in [0.2, 0.25) is 5.04 Å². The van der Waals surface area contributed by atoms with Crippen LogP contribution in [0.15, 0.2) is 100 Å². The first-order chi connectivity index (χ1) is 21.4. The Labute approximate surface area is 275 Å². The number of hydrogen-bond acceptors (Lipinski definition) is 8. The largest absolute Gasteiger partial charge is 0.444 e. The lowest BCUT2D eigenvalue weighted by atomic mass is 9.94. The number of benzene rings is 2. The van der Waals surface area contributed by atoms with Crippen LogP contribution in [0, 0.1) is 0 Å². The van der Waals surface area contributed by atoms with Crippen LogP contribution in [0.25, 0.3) is 0 Å². The molecule has 0 spiro atoms. The van der Waals surface area contributed by atoms with E-state index in [0.717, 1.165) is 21.2 Å². The maximum absolute atomic E-state index is 12.8. The highest BCUT2D eigenvalue weighted by molar-refractivity contribution is 8.00. The van der Waals surface area contributed by atoms with Crippen molar-refractivity contribution < 1.29 is 13.6 Å². The van der Waals surface area contributed by atoms with Crippen LogP contribution < -0.4 is 15.7 Å². The topological polar surface area (TPSA) is 90.1 Å². The van der Waals surface area contributed by atoms with Crippen molar-refractivity contribution in [3.63, 3.8) is 0 Å². The van der Waals surface area contributed by atoms with Gasteiger partial charge in [0.2, 0.25) is 11.8 Å². The molecule has 0 atom stereocenters. The van der Waals surface area contributed by atoms with Gasteiger partial charge in [-0.3, -0.25) is 9.78 Å². The summed E-state index contributed by atoms with van der Waals surface area (Å²) in [6.45, 7) is 13.5. The van der Waals surface area contributed by atoms with Crippen molar-refractivity contribution in [1.82, 2.24) is 15.0 Å². The second-order valence-corrected chi connectivity index (χ2v) is 19.6. The molecule has 0 radical (unpaired) electrons. The number of aromatic nitrogens is 3. The van der Waals surface area contributed by atoms with E-state index in [1.54, 1.807) is 30.4 Å². The van der Waals surface area contributed by atoms with Crippen LogP contribution in [0.3, 0.4) is 0 Å². The molecule has 45 heavy (non-hydrogen) atoms. The van der Waals surface area contributed by atoms with E-state index < -0.39 is 8.32 Å². The summed E-state index contributed by atoms with van der Waals surface area (Å²) in [6, 6.07) is 25.0. The number of pyridine rings is 1. The molecular weight excluding hydrogens is 617 g/mol. The molecule has 0 aliphatic carbocycles. The Balaban J connectivity index is 1.19. The van der Waals surface area contributed by atoms with E-state index in [9.17, 15) is 4.79 Å². The van der Waals surface area contributed by atoms with Gasteiger partial charge in [0, 0.05) is 11.6 Å². The van der Waals surface area contributed by atoms with Crippen molar-refractivity contribution in [1.29, 1.82) is 0 Å². The van der Waals surface area contributed by atoms with Gasteiger partial charge in [-0.15, -0.1) is 11.8 Å². The first-order valence-electron chi connectivity index (χ1n) is 15.0. The number of oxazole rings is 1. The maximum Gasteiger partial charge on any atom is 0.261 e. The number of rotatable bonds is 11. The molecule has 5 rings (SSSR count). The zero-order chi connectivity index (χ0) is 32.1. The van der Waals surface area contributed by atoms with Crippen LogP contribution >= 0.6 is 23.1 Å². The zero-order valence-electron chi connectivity index (χ0n) is 26.7. The second-order valence-electron chi connectivity index (χ2n) is 13.0. The maximum atomic E-state index is 12.8. The number of thioether (sulfide) groups is 1. The molecule has 0 fully saturated rings. The third-order valence-electron chi connectivity index (χ3n) is 7.47. The van der Waals surface area contributed by atoms with Crippen LogP contribution in [-0.2, 0) is 33.4 Å². The Bertz CT molecular complexity index is 1650. The average Bonchev–Trinajstić information content (AvgIpc) is 3.67.